The third-order valence-corrected chi connectivity index (χ3v) is 11.1. The summed E-state index contributed by atoms with van der Waals surface area (Å²) in [5, 5.41) is 6.65. The highest BCUT2D eigenvalue weighted by molar-refractivity contribution is 7.95. The van der Waals surface area contributed by atoms with E-state index in [1.165, 1.54) is 15.9 Å². The summed E-state index contributed by atoms with van der Waals surface area (Å²) in [6.45, 7) is 1.45. The number of benzene rings is 3. The molecule has 0 aliphatic carbocycles. The minimum absolute atomic E-state index is 0.124. The van der Waals surface area contributed by atoms with E-state index in [1.807, 2.05) is 4.90 Å². The van der Waals surface area contributed by atoms with E-state index in [-0.39, 0.29) is 11.9 Å². The zero-order valence-electron chi connectivity index (χ0n) is 18.8. The van der Waals surface area contributed by atoms with E-state index in [4.69, 9.17) is 12.2 Å². The number of aliphatic imine (C=N–C) groups is 1. The first kappa shape index (κ1) is 23.5. The average molecular weight is 474 g/mol. The van der Waals surface area contributed by atoms with Crippen molar-refractivity contribution in [3.8, 4) is 0 Å². The highest BCUT2D eigenvalue weighted by atomic mass is 32.1. The van der Waals surface area contributed by atoms with E-state index in [2.05, 4.69) is 101 Å². The molecule has 5 heteroatoms. The van der Waals surface area contributed by atoms with Crippen molar-refractivity contribution in [1.82, 2.24) is 4.90 Å². The Kier molecular flexibility index (Phi) is 8.18. The van der Waals surface area contributed by atoms with Crippen LogP contribution in [-0.2, 0) is 4.79 Å². The second kappa shape index (κ2) is 11.5. The van der Waals surface area contributed by atoms with Crippen LogP contribution in [0.15, 0.2) is 96.0 Å². The predicted octanol–water partition coefficient (Wildman–Crippen LogP) is 4.85. The molecule has 1 saturated heterocycles. The summed E-state index contributed by atoms with van der Waals surface area (Å²) >= 11 is 4.72. The summed E-state index contributed by atoms with van der Waals surface area (Å²) in [6.07, 6.45) is 4.43. The summed E-state index contributed by atoms with van der Waals surface area (Å²) < 4.78 is 0. The molecule has 3 nitrogen and oxygen atoms in total. The zero-order chi connectivity index (χ0) is 22.9. The molecule has 1 heterocycles. The normalized spacial score (nSPS) is 15.8. The van der Waals surface area contributed by atoms with Crippen LogP contribution in [0.25, 0.3) is 0 Å². The van der Waals surface area contributed by atoms with Gasteiger partial charge in [-0.2, -0.15) is 0 Å². The first-order valence-electron chi connectivity index (χ1n) is 11.6. The molecule has 3 aromatic carbocycles. The zero-order valence-corrected chi connectivity index (χ0v) is 20.6. The summed E-state index contributed by atoms with van der Waals surface area (Å²) in [5.41, 5.74) is 0. The molecule has 0 saturated carbocycles. The van der Waals surface area contributed by atoms with Crippen LogP contribution in [0.3, 0.4) is 0 Å². The van der Waals surface area contributed by atoms with Crippen LogP contribution in [0.5, 0.6) is 0 Å². The fourth-order valence-electron chi connectivity index (χ4n) is 4.81. The standard InChI is InChI=1S/C28H30N2OPS/c31-28(30-20-19-24(22-30)29-23-33)18-10-11-21-32(25-12-4-1-5-13-25,26-14-6-2-7-15-26)27-16-8-3-9-17-27/h1-9,12-17,24H,10-11,18-22H2/q+1. The van der Waals surface area contributed by atoms with Gasteiger partial charge in [-0.15, -0.1) is 0 Å². The molecular formula is C28H30N2OPS+. The Labute approximate surface area is 202 Å². The summed E-state index contributed by atoms with van der Waals surface area (Å²) in [5.74, 6) is 0.236. The molecule has 0 bridgehead atoms. The molecule has 3 aromatic rings. The van der Waals surface area contributed by atoms with Gasteiger partial charge in [0, 0.05) is 19.5 Å². The number of nitrogens with zero attached hydrogens (tertiary/aromatic N) is 2. The van der Waals surface area contributed by atoms with Gasteiger partial charge in [-0.3, -0.25) is 4.79 Å². The van der Waals surface area contributed by atoms with Crippen molar-refractivity contribution < 1.29 is 4.79 Å². The Balaban J connectivity index is 1.54. The number of unbranched alkanes of at least 4 members (excludes halogenated alkanes) is 1. The molecule has 168 valence electrons. The molecule has 0 radical (unpaired) electrons. The van der Waals surface area contributed by atoms with Crippen molar-refractivity contribution >= 4 is 46.5 Å². The van der Waals surface area contributed by atoms with Gasteiger partial charge in [0.15, 0.2) is 0 Å². The van der Waals surface area contributed by atoms with Gasteiger partial charge < -0.3 is 4.90 Å². The Morgan fingerprint density at radius 1 is 0.879 bits per heavy atom. The summed E-state index contributed by atoms with van der Waals surface area (Å²) in [6, 6.07) is 32.9. The first-order chi connectivity index (χ1) is 16.2. The molecule has 0 N–H and O–H groups in total. The molecule has 0 spiro atoms. The van der Waals surface area contributed by atoms with Gasteiger partial charge in [0.25, 0.3) is 0 Å². The lowest BCUT2D eigenvalue weighted by Crippen LogP contribution is -2.33. The van der Waals surface area contributed by atoms with Gasteiger partial charge in [-0.05, 0) is 67.9 Å². The Hall–Kier alpha value is -2.64. The second-order valence-electron chi connectivity index (χ2n) is 8.50. The maximum absolute atomic E-state index is 12.8. The Morgan fingerprint density at radius 3 is 1.88 bits per heavy atom. The lowest BCUT2D eigenvalue weighted by Gasteiger charge is -2.27. The number of hydrogen-bond donors (Lipinski definition) is 0. The number of hydrogen-bond acceptors (Lipinski definition) is 3. The number of carbonyl (C=O) groups is 1. The maximum Gasteiger partial charge on any atom is 0.222 e. The highest BCUT2D eigenvalue weighted by Gasteiger charge is 2.44. The van der Waals surface area contributed by atoms with E-state index >= 15 is 0 Å². The Bertz CT molecular complexity index is 988. The van der Waals surface area contributed by atoms with Crippen molar-refractivity contribution in [2.45, 2.75) is 31.7 Å². The molecule has 33 heavy (non-hydrogen) atoms. The molecule has 1 unspecified atom stereocenters. The molecule has 1 aliphatic rings. The number of amides is 1. The quantitative estimate of drug-likeness (QED) is 0.193. The van der Waals surface area contributed by atoms with Crippen molar-refractivity contribution in [1.29, 1.82) is 0 Å². The highest BCUT2D eigenvalue weighted by Crippen LogP contribution is 2.55. The number of isothiocyanates is 1. The monoisotopic (exact) mass is 473 g/mol. The first-order valence-corrected chi connectivity index (χ1v) is 14.0. The van der Waals surface area contributed by atoms with Crippen LogP contribution in [0.4, 0.5) is 0 Å². The van der Waals surface area contributed by atoms with Crippen molar-refractivity contribution in [2.75, 3.05) is 19.3 Å². The third-order valence-electron chi connectivity index (χ3n) is 6.48. The minimum atomic E-state index is -1.82. The molecule has 1 amide bonds. The van der Waals surface area contributed by atoms with Crippen LogP contribution in [-0.4, -0.2) is 41.3 Å². The molecular weight excluding hydrogens is 443 g/mol. The van der Waals surface area contributed by atoms with Gasteiger partial charge >= 0.3 is 0 Å². The van der Waals surface area contributed by atoms with Crippen LogP contribution < -0.4 is 15.9 Å². The molecule has 0 aromatic heterocycles. The van der Waals surface area contributed by atoms with E-state index in [9.17, 15) is 4.79 Å². The smallest absolute Gasteiger partial charge is 0.222 e. The van der Waals surface area contributed by atoms with E-state index in [0.717, 1.165) is 32.0 Å². The van der Waals surface area contributed by atoms with Gasteiger partial charge in [0.05, 0.1) is 17.4 Å². The van der Waals surface area contributed by atoms with Crippen molar-refractivity contribution in [2.24, 2.45) is 4.99 Å². The fourth-order valence-corrected chi connectivity index (χ4v) is 9.37. The number of thiocarbonyl (C=S) groups is 1. The van der Waals surface area contributed by atoms with Crippen LogP contribution in [0.1, 0.15) is 25.7 Å². The lowest BCUT2D eigenvalue weighted by atomic mass is 10.2. The average Bonchev–Trinajstić information content (AvgIpc) is 3.35. The van der Waals surface area contributed by atoms with Gasteiger partial charge in [-0.1, -0.05) is 54.6 Å². The van der Waals surface area contributed by atoms with Gasteiger partial charge in [-0.25, -0.2) is 4.99 Å². The van der Waals surface area contributed by atoms with Crippen LogP contribution in [0, 0.1) is 0 Å². The second-order valence-corrected chi connectivity index (χ2v) is 12.3. The summed E-state index contributed by atoms with van der Waals surface area (Å²) in [4.78, 5) is 18.9. The molecule has 1 atom stereocenters. The van der Waals surface area contributed by atoms with Gasteiger partial charge in [0.1, 0.15) is 23.2 Å². The minimum Gasteiger partial charge on any atom is -0.340 e. The molecule has 4 rings (SSSR count). The SMILES string of the molecule is O=C(CCCC[P+](c1ccccc1)(c1ccccc1)c1ccccc1)N1CCC(N=C=S)C1. The van der Waals surface area contributed by atoms with Crippen molar-refractivity contribution in [3.05, 3.63) is 91.0 Å². The van der Waals surface area contributed by atoms with Crippen LogP contribution in [0.2, 0.25) is 0 Å². The van der Waals surface area contributed by atoms with Crippen LogP contribution >= 0.6 is 19.5 Å². The Morgan fingerprint density at radius 2 is 1.39 bits per heavy atom. The number of rotatable bonds is 9. The molecule has 1 fully saturated rings. The number of likely N-dealkylation sites (tertiary alicyclic amines) is 1. The van der Waals surface area contributed by atoms with E-state index in [1.54, 1.807) is 0 Å². The van der Waals surface area contributed by atoms with E-state index < -0.39 is 7.26 Å². The number of carbonyl (C=O) groups excluding carboxylic acids is 1. The maximum atomic E-state index is 12.8. The van der Waals surface area contributed by atoms with E-state index in [0.29, 0.717) is 13.0 Å². The largest absolute Gasteiger partial charge is 0.340 e. The molecule has 1 aliphatic heterocycles. The van der Waals surface area contributed by atoms with Crippen molar-refractivity contribution in [3.63, 3.8) is 0 Å². The lowest BCUT2D eigenvalue weighted by molar-refractivity contribution is -0.130. The topological polar surface area (TPSA) is 32.7 Å². The van der Waals surface area contributed by atoms with Gasteiger partial charge in [0.2, 0.25) is 5.91 Å². The third kappa shape index (κ3) is 5.47. The summed E-state index contributed by atoms with van der Waals surface area (Å²) in [7, 11) is -1.82. The fraction of sp³-hybridized carbons (Fsp3) is 0.286. The predicted molar refractivity (Wildman–Crippen MR) is 144 cm³/mol.